The molecular weight excluding hydrogens is 298 g/mol. The van der Waals surface area contributed by atoms with Crippen LogP contribution in [0.4, 0.5) is 10.7 Å². The molecule has 0 saturated carbocycles. The molecule has 0 aromatic carbocycles. The van der Waals surface area contributed by atoms with Gasteiger partial charge in [0.25, 0.3) is 0 Å². The fourth-order valence-electron chi connectivity index (χ4n) is 1.14. The molecule has 18 heavy (non-hydrogen) atoms. The molecule has 6 heteroatoms. The highest BCUT2D eigenvalue weighted by Crippen LogP contribution is 2.16. The molecule has 1 N–H and O–H groups in total. The van der Waals surface area contributed by atoms with Crippen molar-refractivity contribution in [3.63, 3.8) is 0 Å². The average molecular weight is 316 g/mol. The van der Waals surface area contributed by atoms with E-state index in [4.69, 9.17) is 4.74 Å². The first-order chi connectivity index (χ1) is 8.31. The molecular formula is C12H18BrN3O2. The summed E-state index contributed by atoms with van der Waals surface area (Å²) in [6.45, 7) is 7.46. The molecule has 0 bridgehead atoms. The first-order valence-corrected chi connectivity index (χ1v) is 6.82. The quantitative estimate of drug-likeness (QED) is 0.869. The van der Waals surface area contributed by atoms with Crippen LogP contribution in [-0.2, 0) is 4.74 Å². The number of rotatable bonds is 3. The Kier molecular flexibility index (Phi) is 5.07. The highest BCUT2D eigenvalue weighted by Gasteiger charge is 2.17. The number of aromatic nitrogens is 2. The van der Waals surface area contributed by atoms with Crippen molar-refractivity contribution >= 4 is 28.0 Å². The van der Waals surface area contributed by atoms with Gasteiger partial charge in [-0.2, -0.15) is 0 Å². The third-order valence-corrected chi connectivity index (χ3v) is 3.06. The Hall–Kier alpha value is -1.17. The van der Waals surface area contributed by atoms with Gasteiger partial charge >= 0.3 is 6.09 Å². The second kappa shape index (κ2) is 6.13. The van der Waals surface area contributed by atoms with Crippen molar-refractivity contribution < 1.29 is 9.53 Å². The van der Waals surface area contributed by atoms with E-state index >= 15 is 0 Å². The van der Waals surface area contributed by atoms with Crippen molar-refractivity contribution in [2.45, 2.75) is 39.2 Å². The lowest BCUT2D eigenvalue weighted by atomic mass is 10.1. The third-order valence-electron chi connectivity index (χ3n) is 2.09. The van der Waals surface area contributed by atoms with E-state index in [2.05, 4.69) is 38.1 Å². The molecule has 0 fully saturated rings. The standard InChI is InChI=1S/C12H18BrN3O2/c1-8(5-13)9-6-14-10(15-7-9)16-11(17)18-12(2,3)4/h6-8H,5H2,1-4H3,(H,14,15,16,17). The van der Waals surface area contributed by atoms with E-state index < -0.39 is 11.7 Å². The summed E-state index contributed by atoms with van der Waals surface area (Å²) in [7, 11) is 0. The second-order valence-corrected chi connectivity index (χ2v) is 5.67. The van der Waals surface area contributed by atoms with Crippen LogP contribution in [0.1, 0.15) is 39.2 Å². The van der Waals surface area contributed by atoms with Gasteiger partial charge in [-0.3, -0.25) is 5.32 Å². The molecule has 0 saturated heterocycles. The number of carbonyl (C=O) groups excluding carboxylic acids is 1. The Labute approximate surface area is 115 Å². The molecule has 1 unspecified atom stereocenters. The molecule has 1 heterocycles. The monoisotopic (exact) mass is 315 g/mol. The van der Waals surface area contributed by atoms with Crippen molar-refractivity contribution in [2.24, 2.45) is 0 Å². The number of halogens is 1. The predicted molar refractivity (Wildman–Crippen MR) is 74.1 cm³/mol. The molecule has 0 aliphatic carbocycles. The topological polar surface area (TPSA) is 64.1 Å². The van der Waals surface area contributed by atoms with Gasteiger partial charge in [0.2, 0.25) is 5.95 Å². The Morgan fingerprint density at radius 2 is 2.00 bits per heavy atom. The van der Waals surface area contributed by atoms with Gasteiger partial charge in [0.05, 0.1) is 0 Å². The minimum absolute atomic E-state index is 0.245. The van der Waals surface area contributed by atoms with Crippen molar-refractivity contribution in [3.05, 3.63) is 18.0 Å². The van der Waals surface area contributed by atoms with Crippen molar-refractivity contribution in [1.82, 2.24) is 9.97 Å². The van der Waals surface area contributed by atoms with E-state index in [1.165, 1.54) is 0 Å². The summed E-state index contributed by atoms with van der Waals surface area (Å²) in [4.78, 5) is 19.6. The minimum atomic E-state index is -0.552. The summed E-state index contributed by atoms with van der Waals surface area (Å²) in [6.07, 6.45) is 2.85. The highest BCUT2D eigenvalue weighted by atomic mass is 79.9. The van der Waals surface area contributed by atoms with Gasteiger partial charge in [0.1, 0.15) is 5.60 Å². The van der Waals surface area contributed by atoms with Crippen LogP contribution in [0.3, 0.4) is 0 Å². The van der Waals surface area contributed by atoms with Gasteiger partial charge in [-0.15, -0.1) is 0 Å². The van der Waals surface area contributed by atoms with Gasteiger partial charge in [0, 0.05) is 17.7 Å². The van der Waals surface area contributed by atoms with Gasteiger partial charge in [-0.1, -0.05) is 22.9 Å². The Balaban J connectivity index is 2.61. The molecule has 0 radical (unpaired) electrons. The molecule has 0 aliphatic heterocycles. The largest absolute Gasteiger partial charge is 0.444 e. The average Bonchev–Trinajstić information content (AvgIpc) is 2.26. The molecule has 1 aromatic rings. The van der Waals surface area contributed by atoms with Crippen LogP contribution < -0.4 is 5.32 Å². The van der Waals surface area contributed by atoms with Crippen molar-refractivity contribution in [1.29, 1.82) is 0 Å². The molecule has 1 aromatic heterocycles. The lowest BCUT2D eigenvalue weighted by Crippen LogP contribution is -2.27. The number of alkyl halides is 1. The number of nitrogens with one attached hydrogen (secondary N) is 1. The van der Waals surface area contributed by atoms with Crippen LogP contribution in [-0.4, -0.2) is 27.0 Å². The number of hydrogen-bond acceptors (Lipinski definition) is 4. The normalized spacial score (nSPS) is 12.9. The smallest absolute Gasteiger partial charge is 0.414 e. The van der Waals surface area contributed by atoms with Crippen molar-refractivity contribution in [3.8, 4) is 0 Å². The Bertz CT molecular complexity index is 401. The van der Waals surface area contributed by atoms with Crippen LogP contribution in [0.15, 0.2) is 12.4 Å². The summed E-state index contributed by atoms with van der Waals surface area (Å²) in [5.41, 5.74) is 0.482. The first-order valence-electron chi connectivity index (χ1n) is 5.69. The molecule has 5 nitrogen and oxygen atoms in total. The summed E-state index contributed by atoms with van der Waals surface area (Å²) >= 11 is 3.40. The zero-order valence-electron chi connectivity index (χ0n) is 11.0. The molecule has 0 aliphatic rings. The predicted octanol–water partition coefficient (Wildman–Crippen LogP) is 3.32. The molecule has 0 spiro atoms. The van der Waals surface area contributed by atoms with E-state index in [1.54, 1.807) is 33.2 Å². The summed E-state index contributed by atoms with van der Waals surface area (Å²) in [5.74, 6) is 0.579. The number of amides is 1. The van der Waals surface area contributed by atoms with Crippen LogP contribution >= 0.6 is 15.9 Å². The van der Waals surface area contributed by atoms with Crippen molar-refractivity contribution in [2.75, 3.05) is 10.6 Å². The first kappa shape index (κ1) is 14.9. The number of hydrogen-bond donors (Lipinski definition) is 1. The van der Waals surface area contributed by atoms with Crippen LogP contribution in [0.5, 0.6) is 0 Å². The Morgan fingerprint density at radius 1 is 1.44 bits per heavy atom. The van der Waals surface area contributed by atoms with Crippen LogP contribution in [0.2, 0.25) is 0 Å². The van der Waals surface area contributed by atoms with E-state index in [0.29, 0.717) is 5.92 Å². The van der Waals surface area contributed by atoms with E-state index in [9.17, 15) is 4.79 Å². The zero-order valence-corrected chi connectivity index (χ0v) is 12.6. The Morgan fingerprint density at radius 3 is 2.44 bits per heavy atom. The number of ether oxygens (including phenoxy) is 1. The summed E-state index contributed by atoms with van der Waals surface area (Å²) in [5, 5.41) is 3.33. The fourth-order valence-corrected chi connectivity index (χ4v) is 1.51. The van der Waals surface area contributed by atoms with E-state index in [1.807, 2.05) is 0 Å². The molecule has 1 rings (SSSR count). The number of nitrogens with zero attached hydrogens (tertiary/aromatic N) is 2. The maximum absolute atomic E-state index is 11.5. The van der Waals surface area contributed by atoms with Gasteiger partial charge in [-0.05, 0) is 32.3 Å². The maximum Gasteiger partial charge on any atom is 0.414 e. The summed E-state index contributed by atoms with van der Waals surface area (Å²) in [6, 6.07) is 0. The maximum atomic E-state index is 11.5. The third kappa shape index (κ3) is 5.00. The lowest BCUT2D eigenvalue weighted by molar-refractivity contribution is 0.0634. The number of anilines is 1. The highest BCUT2D eigenvalue weighted by molar-refractivity contribution is 9.09. The zero-order chi connectivity index (χ0) is 13.8. The lowest BCUT2D eigenvalue weighted by Gasteiger charge is -2.19. The van der Waals surface area contributed by atoms with E-state index in [-0.39, 0.29) is 5.95 Å². The van der Waals surface area contributed by atoms with Gasteiger partial charge in [0.15, 0.2) is 0 Å². The second-order valence-electron chi connectivity index (χ2n) is 5.02. The number of carbonyl (C=O) groups is 1. The van der Waals surface area contributed by atoms with Gasteiger partial charge in [-0.25, -0.2) is 14.8 Å². The van der Waals surface area contributed by atoms with Crippen LogP contribution in [0, 0.1) is 0 Å². The SMILES string of the molecule is CC(CBr)c1cnc(NC(=O)OC(C)(C)C)nc1. The van der Waals surface area contributed by atoms with Gasteiger partial charge < -0.3 is 4.74 Å². The molecule has 100 valence electrons. The van der Waals surface area contributed by atoms with Crippen LogP contribution in [0.25, 0.3) is 0 Å². The fraction of sp³-hybridized carbons (Fsp3) is 0.583. The minimum Gasteiger partial charge on any atom is -0.444 e. The van der Waals surface area contributed by atoms with E-state index in [0.717, 1.165) is 10.9 Å². The molecule has 1 atom stereocenters. The summed E-state index contributed by atoms with van der Waals surface area (Å²) < 4.78 is 5.10. The molecule has 1 amide bonds.